The lowest BCUT2D eigenvalue weighted by molar-refractivity contribution is 0.235. The van der Waals surface area contributed by atoms with Gasteiger partial charge in [0.1, 0.15) is 0 Å². The van der Waals surface area contributed by atoms with Gasteiger partial charge < -0.3 is 10.6 Å². The van der Waals surface area contributed by atoms with Crippen LogP contribution in [0.1, 0.15) is 11.1 Å². The molecule has 1 saturated heterocycles. The van der Waals surface area contributed by atoms with Crippen LogP contribution in [0.4, 0.5) is 0 Å². The van der Waals surface area contributed by atoms with E-state index in [1.165, 1.54) is 54.2 Å². The van der Waals surface area contributed by atoms with Crippen LogP contribution in [0, 0.1) is 0 Å². The van der Waals surface area contributed by atoms with Gasteiger partial charge in [0.15, 0.2) is 0 Å². The molecule has 0 amide bonds. The van der Waals surface area contributed by atoms with E-state index in [-0.39, 0.29) is 0 Å². The molecule has 0 aliphatic carbocycles. The maximum absolute atomic E-state index is 3.78. The number of hydrogen-bond donors (Lipinski definition) is 2. The van der Waals surface area contributed by atoms with Crippen molar-refractivity contribution < 1.29 is 0 Å². The van der Waals surface area contributed by atoms with Crippen LogP contribution < -0.4 is 10.6 Å². The van der Waals surface area contributed by atoms with Gasteiger partial charge in [-0.05, 0) is 66.3 Å². The third-order valence-electron chi connectivity index (χ3n) is 8.95. The molecular weight excluding hydrogens is 512 g/mol. The van der Waals surface area contributed by atoms with Crippen molar-refractivity contribution in [3.05, 3.63) is 120 Å². The van der Waals surface area contributed by atoms with Crippen LogP contribution >= 0.6 is 0 Å². The molecule has 0 aromatic heterocycles. The molecule has 1 fully saturated rings. The van der Waals surface area contributed by atoms with E-state index in [0.717, 1.165) is 65.4 Å². The van der Waals surface area contributed by atoms with Crippen LogP contribution in [0.3, 0.4) is 0 Å². The molecule has 42 heavy (non-hydrogen) atoms. The molecule has 0 saturated carbocycles. The van der Waals surface area contributed by atoms with Gasteiger partial charge in [0.05, 0.1) is 0 Å². The third kappa shape index (κ3) is 5.77. The molecule has 0 unspecified atom stereocenters. The average molecular weight is 553 g/mol. The molecule has 0 radical (unpaired) electrons. The maximum Gasteiger partial charge on any atom is 0.0247 e. The highest BCUT2D eigenvalue weighted by Crippen LogP contribution is 2.31. The summed E-state index contributed by atoms with van der Waals surface area (Å²) in [7, 11) is 0. The lowest BCUT2D eigenvalue weighted by Crippen LogP contribution is -2.42. The molecule has 6 aromatic carbocycles. The summed E-state index contributed by atoms with van der Waals surface area (Å²) in [6, 6.07) is 40.1. The highest BCUT2D eigenvalue weighted by Gasteiger charge is 2.15. The van der Waals surface area contributed by atoms with Gasteiger partial charge >= 0.3 is 0 Å². The van der Waals surface area contributed by atoms with Crippen molar-refractivity contribution >= 4 is 43.1 Å². The first-order valence-electron chi connectivity index (χ1n) is 15.5. The second kappa shape index (κ2) is 12.6. The molecule has 1 aliphatic rings. The van der Waals surface area contributed by atoms with Gasteiger partial charge in [0.25, 0.3) is 0 Å². The summed E-state index contributed by atoms with van der Waals surface area (Å²) in [5.74, 6) is 0. The molecule has 7 rings (SSSR count). The van der Waals surface area contributed by atoms with Crippen LogP contribution in [0.5, 0.6) is 0 Å². The SMILES string of the molecule is c1ccc2c(CN3CCNCCN(Cc4c5ccccc5cc5ccccc45)CCNCC3)c3ccccc3cc2c1. The van der Waals surface area contributed by atoms with Crippen LogP contribution in [0.2, 0.25) is 0 Å². The molecular formula is C38H40N4. The zero-order valence-electron chi connectivity index (χ0n) is 24.4. The fourth-order valence-corrected chi connectivity index (χ4v) is 6.74. The first-order chi connectivity index (χ1) is 20.8. The predicted octanol–water partition coefficient (Wildman–Crippen LogP) is 6.80. The van der Waals surface area contributed by atoms with Gasteiger partial charge in [0.2, 0.25) is 0 Å². The summed E-state index contributed by atoms with van der Waals surface area (Å²) < 4.78 is 0. The minimum Gasteiger partial charge on any atom is -0.314 e. The van der Waals surface area contributed by atoms with E-state index < -0.39 is 0 Å². The number of nitrogens with zero attached hydrogens (tertiary/aromatic N) is 2. The fourth-order valence-electron chi connectivity index (χ4n) is 6.74. The van der Waals surface area contributed by atoms with Crippen LogP contribution in [-0.2, 0) is 13.1 Å². The number of hydrogen-bond acceptors (Lipinski definition) is 4. The molecule has 1 aliphatic heterocycles. The quantitative estimate of drug-likeness (QED) is 0.236. The number of benzene rings is 6. The molecule has 4 heteroatoms. The predicted molar refractivity (Wildman–Crippen MR) is 179 cm³/mol. The largest absolute Gasteiger partial charge is 0.314 e. The summed E-state index contributed by atoms with van der Waals surface area (Å²) in [5, 5.41) is 18.4. The van der Waals surface area contributed by atoms with Crippen LogP contribution in [-0.4, -0.2) is 62.2 Å². The Morgan fingerprint density at radius 3 is 1.00 bits per heavy atom. The Morgan fingerprint density at radius 2 is 0.690 bits per heavy atom. The molecule has 4 nitrogen and oxygen atoms in total. The monoisotopic (exact) mass is 552 g/mol. The number of nitrogens with one attached hydrogen (secondary N) is 2. The Balaban J connectivity index is 1.06. The average Bonchev–Trinajstić information content (AvgIpc) is 3.02. The zero-order valence-corrected chi connectivity index (χ0v) is 24.4. The Kier molecular flexibility index (Phi) is 8.12. The van der Waals surface area contributed by atoms with E-state index in [9.17, 15) is 0 Å². The summed E-state index contributed by atoms with van der Waals surface area (Å²) in [6.07, 6.45) is 0. The lowest BCUT2D eigenvalue weighted by atomic mass is 9.96. The van der Waals surface area contributed by atoms with E-state index in [2.05, 4.69) is 130 Å². The molecule has 6 aromatic rings. The first kappa shape index (κ1) is 27.1. The Morgan fingerprint density at radius 1 is 0.405 bits per heavy atom. The summed E-state index contributed by atoms with van der Waals surface area (Å²) in [4.78, 5) is 5.24. The second-order valence-electron chi connectivity index (χ2n) is 11.6. The van der Waals surface area contributed by atoms with Crippen molar-refractivity contribution in [2.75, 3.05) is 52.4 Å². The maximum atomic E-state index is 3.78. The number of fused-ring (bicyclic) bond motifs is 4. The third-order valence-corrected chi connectivity index (χ3v) is 8.95. The highest BCUT2D eigenvalue weighted by atomic mass is 15.2. The Hall–Kier alpha value is -3.80. The molecule has 2 N–H and O–H groups in total. The van der Waals surface area contributed by atoms with Gasteiger partial charge in [-0.25, -0.2) is 0 Å². The Labute approximate surface area is 248 Å². The molecule has 212 valence electrons. The van der Waals surface area contributed by atoms with Crippen molar-refractivity contribution in [1.82, 2.24) is 20.4 Å². The van der Waals surface area contributed by atoms with Crippen molar-refractivity contribution in [2.45, 2.75) is 13.1 Å². The summed E-state index contributed by atoms with van der Waals surface area (Å²) in [5.41, 5.74) is 2.90. The van der Waals surface area contributed by atoms with Gasteiger partial charge in [0, 0.05) is 65.4 Å². The van der Waals surface area contributed by atoms with Gasteiger partial charge in [-0.1, -0.05) is 97.1 Å². The molecule has 0 atom stereocenters. The van der Waals surface area contributed by atoms with Crippen molar-refractivity contribution in [3.8, 4) is 0 Å². The summed E-state index contributed by atoms with van der Waals surface area (Å²) >= 11 is 0. The van der Waals surface area contributed by atoms with E-state index in [0.29, 0.717) is 0 Å². The van der Waals surface area contributed by atoms with Gasteiger partial charge in [-0.2, -0.15) is 0 Å². The minimum absolute atomic E-state index is 0.964. The van der Waals surface area contributed by atoms with Crippen LogP contribution in [0.25, 0.3) is 43.1 Å². The topological polar surface area (TPSA) is 30.5 Å². The van der Waals surface area contributed by atoms with E-state index in [1.54, 1.807) is 0 Å². The summed E-state index contributed by atoms with van der Waals surface area (Å²) in [6.45, 7) is 10.0. The number of rotatable bonds is 4. The standard InChI is InChI=1S/C38H40N4/c1-5-13-33-29(9-1)25-30-10-2-6-14-34(30)37(33)27-41-21-17-39-19-23-42(24-20-40-18-22-41)28-38-35-15-7-3-11-31(35)26-32-12-4-8-16-36(32)38/h1-16,25-26,39-40H,17-24,27-28H2. The lowest BCUT2D eigenvalue weighted by Gasteiger charge is -2.28. The molecule has 0 spiro atoms. The smallest absolute Gasteiger partial charge is 0.0247 e. The molecule has 1 heterocycles. The minimum atomic E-state index is 0.964. The first-order valence-corrected chi connectivity index (χ1v) is 15.5. The van der Waals surface area contributed by atoms with Gasteiger partial charge in [-0.3, -0.25) is 9.80 Å². The normalized spacial score (nSPS) is 16.6. The van der Waals surface area contributed by atoms with Gasteiger partial charge in [-0.15, -0.1) is 0 Å². The second-order valence-corrected chi connectivity index (χ2v) is 11.6. The van der Waals surface area contributed by atoms with Crippen molar-refractivity contribution in [3.63, 3.8) is 0 Å². The van der Waals surface area contributed by atoms with E-state index in [1.807, 2.05) is 0 Å². The van der Waals surface area contributed by atoms with E-state index in [4.69, 9.17) is 0 Å². The van der Waals surface area contributed by atoms with Crippen molar-refractivity contribution in [2.24, 2.45) is 0 Å². The van der Waals surface area contributed by atoms with Crippen LogP contribution in [0.15, 0.2) is 109 Å². The Bertz CT molecular complexity index is 1570. The van der Waals surface area contributed by atoms with Crippen molar-refractivity contribution in [1.29, 1.82) is 0 Å². The van der Waals surface area contributed by atoms with E-state index >= 15 is 0 Å². The molecule has 0 bridgehead atoms. The highest BCUT2D eigenvalue weighted by molar-refractivity contribution is 6.03. The fraction of sp³-hybridized carbons (Fsp3) is 0.263. The zero-order chi connectivity index (χ0) is 28.1.